The number of amides is 1. The Balaban J connectivity index is 3.32. The minimum Gasteiger partial charge on any atom is -0.463 e. The van der Waals surface area contributed by atoms with E-state index in [0.717, 1.165) is 0 Å². The van der Waals surface area contributed by atoms with E-state index >= 15 is 0 Å². The molecule has 0 aliphatic heterocycles. The lowest BCUT2D eigenvalue weighted by atomic mass is 10.1. The molecular weight excluding hydrogens is 339 g/mol. The molecule has 0 bridgehead atoms. The minimum atomic E-state index is -5.20. The normalized spacial score (nSPS) is 13.8. The van der Waals surface area contributed by atoms with E-state index in [2.05, 4.69) is 9.72 Å². The number of aromatic nitrogens is 1. The van der Waals surface area contributed by atoms with Crippen molar-refractivity contribution in [3.05, 3.63) is 23.9 Å². The van der Waals surface area contributed by atoms with Gasteiger partial charge in [-0.2, -0.15) is 13.2 Å². The first kappa shape index (κ1) is 19.0. The predicted octanol–water partition coefficient (Wildman–Crippen LogP) is 1.98. The number of esters is 1. The predicted molar refractivity (Wildman–Crippen MR) is 76.9 cm³/mol. The Labute approximate surface area is 135 Å². The summed E-state index contributed by atoms with van der Waals surface area (Å²) in [6.07, 6.45) is -3.90. The van der Waals surface area contributed by atoms with Gasteiger partial charge in [-0.3, -0.25) is 4.79 Å². The van der Waals surface area contributed by atoms with Crippen molar-refractivity contribution in [3.63, 3.8) is 0 Å². The van der Waals surface area contributed by atoms with Crippen molar-refractivity contribution in [1.82, 2.24) is 10.3 Å². The fraction of sp³-hybridized carbons (Fsp3) is 0.462. The van der Waals surface area contributed by atoms with Gasteiger partial charge in [-0.1, -0.05) is 6.07 Å². The molecule has 0 spiro atoms. The second-order valence-corrected chi connectivity index (χ2v) is 4.76. The van der Waals surface area contributed by atoms with Crippen LogP contribution in [0.4, 0.5) is 19.0 Å². The van der Waals surface area contributed by atoms with Crippen molar-refractivity contribution >= 4 is 29.3 Å². The maximum atomic E-state index is 13.6. The van der Waals surface area contributed by atoms with Crippen molar-refractivity contribution in [2.24, 2.45) is 0 Å². The van der Waals surface area contributed by atoms with Gasteiger partial charge < -0.3 is 15.4 Å². The van der Waals surface area contributed by atoms with Crippen molar-refractivity contribution in [2.75, 3.05) is 17.8 Å². The molecule has 0 saturated carbocycles. The van der Waals surface area contributed by atoms with Crippen LogP contribution in [0.5, 0.6) is 0 Å². The molecule has 128 valence electrons. The molecular formula is C13H15ClF3N3O3. The molecule has 23 heavy (non-hydrogen) atoms. The lowest BCUT2D eigenvalue weighted by molar-refractivity contribution is -0.207. The zero-order valence-corrected chi connectivity index (χ0v) is 13.1. The van der Waals surface area contributed by atoms with Crippen LogP contribution in [0.15, 0.2) is 18.3 Å². The summed E-state index contributed by atoms with van der Waals surface area (Å²) in [6.45, 7) is 2.72. The summed E-state index contributed by atoms with van der Waals surface area (Å²) in [7, 11) is 0. The number of rotatable bonds is 6. The largest absolute Gasteiger partial charge is 0.463 e. The maximum Gasteiger partial charge on any atom is 0.441 e. The van der Waals surface area contributed by atoms with Crippen LogP contribution in [0.25, 0.3) is 0 Å². The van der Waals surface area contributed by atoms with E-state index in [1.807, 2.05) is 5.32 Å². The number of alkyl halides is 4. The van der Waals surface area contributed by atoms with Crippen LogP contribution in [0.1, 0.15) is 12.5 Å². The van der Waals surface area contributed by atoms with E-state index in [-0.39, 0.29) is 12.4 Å². The number of carbonyl (C=O) groups is 2. The molecule has 0 aliphatic rings. The lowest BCUT2D eigenvalue weighted by Crippen LogP contribution is -2.69. The first-order valence-electron chi connectivity index (χ1n) is 6.48. The Kier molecular flexibility index (Phi) is 6.20. The molecule has 10 heteroatoms. The standard InChI is InChI=1S/C13H15ClF3N3O3/c1-3-23-11(22)12(13(15,16)17,20-10(21)6-14)19-9-5-4-8(2)7-18-9/h4-5,7H,3,6H2,1-2H3,(H,18,19)(H,20,21). The topological polar surface area (TPSA) is 80.3 Å². The number of ether oxygens (including phenoxy) is 1. The average Bonchev–Trinajstić information content (AvgIpc) is 2.47. The average molecular weight is 354 g/mol. The first-order valence-corrected chi connectivity index (χ1v) is 7.01. The van der Waals surface area contributed by atoms with E-state index in [4.69, 9.17) is 11.6 Å². The van der Waals surface area contributed by atoms with Crippen LogP contribution in [-0.2, 0) is 14.3 Å². The molecule has 1 atom stereocenters. The number of carbonyl (C=O) groups excluding carboxylic acids is 2. The minimum absolute atomic E-state index is 0.268. The third-order valence-corrected chi connectivity index (χ3v) is 2.92. The number of nitrogens with zero attached hydrogens (tertiary/aromatic N) is 1. The summed E-state index contributed by atoms with van der Waals surface area (Å²) in [6, 6.07) is 2.73. The molecule has 1 amide bonds. The van der Waals surface area contributed by atoms with E-state index in [0.29, 0.717) is 5.56 Å². The summed E-state index contributed by atoms with van der Waals surface area (Å²) in [5.41, 5.74) is -2.79. The number of halogens is 4. The third-order valence-electron chi connectivity index (χ3n) is 2.68. The number of hydrogen-bond acceptors (Lipinski definition) is 5. The Bertz CT molecular complexity index is 566. The molecule has 6 nitrogen and oxygen atoms in total. The van der Waals surface area contributed by atoms with Gasteiger partial charge in [0.2, 0.25) is 5.91 Å². The van der Waals surface area contributed by atoms with Gasteiger partial charge in [0.15, 0.2) is 0 Å². The highest BCUT2D eigenvalue weighted by Crippen LogP contribution is 2.32. The summed E-state index contributed by atoms with van der Waals surface area (Å²) in [4.78, 5) is 27.1. The highest BCUT2D eigenvalue weighted by atomic mass is 35.5. The van der Waals surface area contributed by atoms with Gasteiger partial charge in [0.1, 0.15) is 11.7 Å². The van der Waals surface area contributed by atoms with Gasteiger partial charge in [0.25, 0.3) is 0 Å². The zero-order valence-electron chi connectivity index (χ0n) is 12.3. The number of hydrogen-bond donors (Lipinski definition) is 2. The van der Waals surface area contributed by atoms with Gasteiger partial charge in [-0.05, 0) is 25.5 Å². The third kappa shape index (κ3) is 4.47. The highest BCUT2D eigenvalue weighted by Gasteiger charge is 2.63. The van der Waals surface area contributed by atoms with Crippen molar-refractivity contribution in [3.8, 4) is 0 Å². The Morgan fingerprint density at radius 3 is 2.43 bits per heavy atom. The summed E-state index contributed by atoms with van der Waals surface area (Å²) in [5, 5.41) is 3.45. The van der Waals surface area contributed by atoms with Crippen molar-refractivity contribution in [1.29, 1.82) is 0 Å². The molecule has 0 radical (unpaired) electrons. The van der Waals surface area contributed by atoms with Crippen LogP contribution in [0, 0.1) is 6.92 Å². The number of pyridine rings is 1. The molecule has 1 aromatic heterocycles. The van der Waals surface area contributed by atoms with E-state index in [9.17, 15) is 22.8 Å². The van der Waals surface area contributed by atoms with Gasteiger partial charge in [-0.25, -0.2) is 9.78 Å². The van der Waals surface area contributed by atoms with Crippen LogP contribution in [-0.4, -0.2) is 41.2 Å². The summed E-state index contributed by atoms with van der Waals surface area (Å²) in [5.74, 6) is -3.94. The van der Waals surface area contributed by atoms with Crippen LogP contribution < -0.4 is 10.6 Å². The lowest BCUT2D eigenvalue weighted by Gasteiger charge is -2.34. The molecule has 0 fully saturated rings. The molecule has 1 aromatic rings. The Morgan fingerprint density at radius 2 is 2.00 bits per heavy atom. The monoisotopic (exact) mass is 353 g/mol. The fourth-order valence-electron chi connectivity index (χ4n) is 1.61. The molecule has 1 unspecified atom stereocenters. The molecule has 1 heterocycles. The fourth-order valence-corrected chi connectivity index (χ4v) is 1.67. The van der Waals surface area contributed by atoms with E-state index in [1.54, 1.807) is 12.2 Å². The van der Waals surface area contributed by atoms with Gasteiger partial charge in [0.05, 0.1) is 6.61 Å². The number of anilines is 1. The smallest absolute Gasteiger partial charge is 0.441 e. The van der Waals surface area contributed by atoms with Crippen molar-refractivity contribution in [2.45, 2.75) is 25.7 Å². The summed E-state index contributed by atoms with van der Waals surface area (Å²) >= 11 is 5.24. The molecule has 0 aliphatic carbocycles. The quantitative estimate of drug-likeness (QED) is 0.464. The molecule has 0 saturated heterocycles. The maximum absolute atomic E-state index is 13.6. The molecule has 0 aromatic carbocycles. The van der Waals surface area contributed by atoms with Gasteiger partial charge in [0, 0.05) is 6.20 Å². The zero-order chi connectivity index (χ0) is 17.7. The van der Waals surface area contributed by atoms with Gasteiger partial charge in [-0.15, -0.1) is 11.6 Å². The number of aryl methyl sites for hydroxylation is 1. The van der Waals surface area contributed by atoms with Crippen LogP contribution in [0.3, 0.4) is 0 Å². The Morgan fingerprint density at radius 1 is 1.35 bits per heavy atom. The summed E-state index contributed by atoms with van der Waals surface area (Å²) < 4.78 is 45.2. The Hall–Kier alpha value is -2.03. The molecule has 2 N–H and O–H groups in total. The van der Waals surface area contributed by atoms with Crippen molar-refractivity contribution < 1.29 is 27.5 Å². The van der Waals surface area contributed by atoms with Gasteiger partial charge >= 0.3 is 17.8 Å². The highest BCUT2D eigenvalue weighted by molar-refractivity contribution is 6.27. The second-order valence-electron chi connectivity index (χ2n) is 4.50. The van der Waals surface area contributed by atoms with Crippen LogP contribution in [0.2, 0.25) is 0 Å². The first-order chi connectivity index (χ1) is 10.7. The second kappa shape index (κ2) is 7.49. The van der Waals surface area contributed by atoms with E-state index in [1.165, 1.54) is 25.3 Å². The molecule has 1 rings (SSSR count). The SMILES string of the molecule is CCOC(=O)C(NC(=O)CCl)(Nc1ccc(C)cn1)C(F)(F)F. The number of nitrogens with one attached hydrogen (secondary N) is 2. The van der Waals surface area contributed by atoms with Crippen LogP contribution >= 0.6 is 11.6 Å². The van der Waals surface area contributed by atoms with E-state index < -0.39 is 29.6 Å².